The van der Waals surface area contributed by atoms with Gasteiger partial charge in [-0.1, -0.05) is 191 Å². The first-order valence-corrected chi connectivity index (χ1v) is 22.9. The maximum absolute atomic E-state index is 13.1. The largest absolute Gasteiger partial charge is 0.462 e. The lowest BCUT2D eigenvalue weighted by atomic mass is 10.0. The van der Waals surface area contributed by atoms with Crippen LogP contribution in [0.4, 0.5) is 0 Å². The highest BCUT2D eigenvalue weighted by atomic mass is 16.5. The number of amides is 1. The summed E-state index contributed by atoms with van der Waals surface area (Å²) in [4.78, 5) is 25.9. The molecule has 0 aromatic rings. The van der Waals surface area contributed by atoms with Crippen LogP contribution in [-0.2, 0) is 14.3 Å². The Morgan fingerprint density at radius 2 is 1.04 bits per heavy atom. The second-order valence-electron chi connectivity index (χ2n) is 15.5. The highest BCUT2D eigenvalue weighted by Crippen LogP contribution is 2.17. The van der Waals surface area contributed by atoms with Crippen LogP contribution in [-0.4, -0.2) is 46.9 Å². The predicted octanol–water partition coefficient (Wildman–Crippen LogP) is 13.1. The summed E-state index contributed by atoms with van der Waals surface area (Å²) in [6.45, 7) is 6.28. The van der Waals surface area contributed by atoms with Gasteiger partial charge in [-0.25, -0.2) is 0 Å². The molecule has 0 heterocycles. The molecule has 0 spiro atoms. The first-order chi connectivity index (χ1) is 26.5. The maximum Gasteiger partial charge on any atom is 0.306 e. The van der Waals surface area contributed by atoms with Crippen molar-refractivity contribution < 1.29 is 24.5 Å². The smallest absolute Gasteiger partial charge is 0.306 e. The molecule has 6 heteroatoms. The summed E-state index contributed by atoms with van der Waals surface area (Å²) in [5.41, 5.74) is 0. The number of hydrogen-bond acceptors (Lipinski definition) is 5. The van der Waals surface area contributed by atoms with Crippen molar-refractivity contribution in [2.75, 3.05) is 6.61 Å². The summed E-state index contributed by atoms with van der Waals surface area (Å²) in [6, 6.07) is -0.705. The molecule has 6 nitrogen and oxygen atoms in total. The fourth-order valence-corrected chi connectivity index (χ4v) is 6.70. The van der Waals surface area contributed by atoms with Crippen molar-refractivity contribution >= 4 is 11.9 Å². The number of esters is 1. The number of carbonyl (C=O) groups is 2. The van der Waals surface area contributed by atoms with Gasteiger partial charge in [0.25, 0.3) is 0 Å². The summed E-state index contributed by atoms with van der Waals surface area (Å²) < 4.78 is 5.88. The zero-order valence-electron chi connectivity index (χ0n) is 35.6. The minimum absolute atomic E-state index is 0.0612. The Bertz CT molecular complexity index is 941. The lowest BCUT2D eigenvalue weighted by Gasteiger charge is -2.24. The van der Waals surface area contributed by atoms with Crippen LogP contribution in [0.5, 0.6) is 0 Å². The van der Waals surface area contributed by atoms with Crippen molar-refractivity contribution in [1.29, 1.82) is 0 Å². The molecule has 3 atom stereocenters. The molecule has 0 aliphatic rings. The quantitative estimate of drug-likeness (QED) is 0.0250. The van der Waals surface area contributed by atoms with Crippen LogP contribution in [0.1, 0.15) is 220 Å². The van der Waals surface area contributed by atoms with E-state index in [1.165, 1.54) is 89.9 Å². The molecule has 0 aliphatic carbocycles. The predicted molar refractivity (Wildman–Crippen MR) is 232 cm³/mol. The number of nitrogens with one attached hydrogen (secondary N) is 1. The monoisotopic (exact) mass is 758 g/mol. The van der Waals surface area contributed by atoms with E-state index in [1.54, 1.807) is 0 Å². The number of rotatable bonds is 40. The van der Waals surface area contributed by atoms with Crippen molar-refractivity contribution in [2.24, 2.45) is 0 Å². The van der Waals surface area contributed by atoms with Crippen LogP contribution in [0.15, 0.2) is 48.6 Å². The van der Waals surface area contributed by atoms with Gasteiger partial charge in [-0.2, -0.15) is 0 Å². The molecule has 0 aromatic heterocycles. The molecule has 0 aliphatic heterocycles. The van der Waals surface area contributed by atoms with E-state index in [2.05, 4.69) is 74.7 Å². The molecule has 0 saturated carbocycles. The van der Waals surface area contributed by atoms with Crippen LogP contribution in [0.25, 0.3) is 0 Å². The van der Waals surface area contributed by atoms with Gasteiger partial charge in [0, 0.05) is 6.42 Å². The van der Waals surface area contributed by atoms with Gasteiger partial charge in [-0.15, -0.1) is 0 Å². The zero-order valence-corrected chi connectivity index (χ0v) is 35.6. The van der Waals surface area contributed by atoms with Crippen LogP contribution in [0.3, 0.4) is 0 Å². The molecule has 1 amide bonds. The topological polar surface area (TPSA) is 95.9 Å². The first kappa shape index (κ1) is 51.8. The van der Waals surface area contributed by atoms with Gasteiger partial charge in [0.05, 0.1) is 25.2 Å². The highest BCUT2D eigenvalue weighted by Gasteiger charge is 2.24. The SMILES string of the molecule is CC/C=C/C=C/C=C/CCCCCCCCCC(=O)OC(CCCCC/C=C\CCCC)CC(=O)NC(CO)C(O)CCCCCCCCCCCCC. The Labute approximate surface area is 334 Å². The minimum Gasteiger partial charge on any atom is -0.462 e. The number of unbranched alkanes of at least 4 members (excludes halogenated alkanes) is 22. The number of hydrogen-bond donors (Lipinski definition) is 3. The van der Waals surface area contributed by atoms with E-state index in [-0.39, 0.29) is 24.9 Å². The average molecular weight is 758 g/mol. The van der Waals surface area contributed by atoms with Gasteiger partial charge < -0.3 is 20.3 Å². The van der Waals surface area contributed by atoms with E-state index in [0.717, 1.165) is 83.5 Å². The number of ether oxygens (including phenoxy) is 1. The van der Waals surface area contributed by atoms with E-state index in [0.29, 0.717) is 19.3 Å². The van der Waals surface area contributed by atoms with E-state index < -0.39 is 18.2 Å². The maximum atomic E-state index is 13.1. The molecule has 0 radical (unpaired) electrons. The summed E-state index contributed by atoms with van der Waals surface area (Å²) in [6.07, 6.45) is 48.9. The molecule has 0 rings (SSSR count). The van der Waals surface area contributed by atoms with Crippen LogP contribution in [0.2, 0.25) is 0 Å². The van der Waals surface area contributed by atoms with Crippen molar-refractivity contribution in [2.45, 2.75) is 238 Å². The summed E-state index contributed by atoms with van der Waals surface area (Å²) in [5.74, 6) is -0.507. The summed E-state index contributed by atoms with van der Waals surface area (Å²) >= 11 is 0. The van der Waals surface area contributed by atoms with Gasteiger partial charge >= 0.3 is 5.97 Å². The molecule has 0 fully saturated rings. The number of aliphatic hydroxyl groups is 2. The zero-order chi connectivity index (χ0) is 39.6. The van der Waals surface area contributed by atoms with E-state index in [4.69, 9.17) is 4.74 Å². The van der Waals surface area contributed by atoms with Gasteiger partial charge in [-0.3, -0.25) is 9.59 Å². The molecular weight excluding hydrogens is 671 g/mol. The summed E-state index contributed by atoms with van der Waals surface area (Å²) in [7, 11) is 0. The molecule has 314 valence electrons. The second kappa shape index (κ2) is 42.0. The third-order valence-electron chi connectivity index (χ3n) is 10.2. The Hall–Kier alpha value is -2.18. The van der Waals surface area contributed by atoms with Gasteiger partial charge in [0.15, 0.2) is 0 Å². The van der Waals surface area contributed by atoms with Gasteiger partial charge in [0.2, 0.25) is 5.91 Å². The Morgan fingerprint density at radius 1 is 0.556 bits per heavy atom. The Morgan fingerprint density at radius 3 is 1.63 bits per heavy atom. The van der Waals surface area contributed by atoms with Crippen molar-refractivity contribution in [3.05, 3.63) is 48.6 Å². The van der Waals surface area contributed by atoms with E-state index >= 15 is 0 Å². The standard InChI is InChI=1S/C48H87NO5/c1-4-7-10-13-16-19-21-22-23-24-26-29-32-35-38-41-48(53)54-44(39-36-33-30-27-18-15-12-9-6-3)42-47(52)49-45(43-50)46(51)40-37-34-31-28-25-20-17-14-11-8-5-2/h7,10,13,15-16,18-19,21,44-46,50-51H,4-6,8-9,11-12,14,17,20,22-43H2,1-3H3,(H,49,52)/b10-7+,16-13+,18-15-,21-19+. The molecular formula is C48H87NO5. The molecule has 3 N–H and O–H groups in total. The average Bonchev–Trinajstić information content (AvgIpc) is 3.16. The number of allylic oxidation sites excluding steroid dienone is 8. The normalized spacial score (nSPS) is 13.8. The van der Waals surface area contributed by atoms with Crippen LogP contribution in [0, 0.1) is 0 Å². The highest BCUT2D eigenvalue weighted by molar-refractivity contribution is 5.77. The van der Waals surface area contributed by atoms with Gasteiger partial charge in [0.1, 0.15) is 6.10 Å². The van der Waals surface area contributed by atoms with Crippen molar-refractivity contribution in [3.63, 3.8) is 0 Å². The van der Waals surface area contributed by atoms with Crippen LogP contribution < -0.4 is 5.32 Å². The fraction of sp³-hybridized carbons (Fsp3) is 0.792. The number of aliphatic hydroxyl groups excluding tert-OH is 2. The third-order valence-corrected chi connectivity index (χ3v) is 10.2. The lowest BCUT2D eigenvalue weighted by Crippen LogP contribution is -2.46. The van der Waals surface area contributed by atoms with Gasteiger partial charge in [-0.05, 0) is 64.2 Å². The Balaban J connectivity index is 4.55. The molecule has 3 unspecified atom stereocenters. The molecule has 0 saturated heterocycles. The fourth-order valence-electron chi connectivity index (χ4n) is 6.70. The second-order valence-corrected chi connectivity index (χ2v) is 15.5. The molecule has 54 heavy (non-hydrogen) atoms. The molecule has 0 aromatic carbocycles. The van der Waals surface area contributed by atoms with Crippen molar-refractivity contribution in [1.82, 2.24) is 5.32 Å². The first-order valence-electron chi connectivity index (χ1n) is 22.9. The van der Waals surface area contributed by atoms with Crippen molar-refractivity contribution in [3.8, 4) is 0 Å². The lowest BCUT2D eigenvalue weighted by molar-refractivity contribution is -0.151. The minimum atomic E-state index is -0.791. The Kier molecular flexibility index (Phi) is 40.3. The summed E-state index contributed by atoms with van der Waals surface area (Å²) in [5, 5.41) is 23.6. The van der Waals surface area contributed by atoms with E-state index in [9.17, 15) is 19.8 Å². The number of carbonyl (C=O) groups excluding carboxylic acids is 2. The molecule has 0 bridgehead atoms. The van der Waals surface area contributed by atoms with E-state index in [1.807, 2.05) is 0 Å². The third kappa shape index (κ3) is 36.8. The van der Waals surface area contributed by atoms with Crippen LogP contribution >= 0.6 is 0 Å².